The van der Waals surface area contributed by atoms with Gasteiger partial charge in [-0.2, -0.15) is 0 Å². The quantitative estimate of drug-likeness (QED) is 0.736. The summed E-state index contributed by atoms with van der Waals surface area (Å²) in [7, 11) is -3.75. The molecule has 1 rings (SSSR count). The molecule has 1 aromatic rings. The van der Waals surface area contributed by atoms with Crippen molar-refractivity contribution >= 4 is 38.6 Å². The van der Waals surface area contributed by atoms with E-state index in [-0.39, 0.29) is 4.90 Å². The highest BCUT2D eigenvalue weighted by Gasteiger charge is 2.12. The van der Waals surface area contributed by atoms with E-state index < -0.39 is 22.5 Å². The lowest BCUT2D eigenvalue weighted by Crippen LogP contribution is -2.37. The normalized spacial score (nSPS) is 11.3. The molecule has 0 radical (unpaired) electrons. The van der Waals surface area contributed by atoms with E-state index in [1.165, 1.54) is 12.1 Å². The summed E-state index contributed by atoms with van der Waals surface area (Å²) < 4.78 is 25.7. The van der Waals surface area contributed by atoms with Crippen LogP contribution in [0.3, 0.4) is 0 Å². The molecule has 0 bridgehead atoms. The van der Waals surface area contributed by atoms with Crippen LogP contribution in [-0.4, -0.2) is 20.9 Å². The predicted molar refractivity (Wildman–Crippen MR) is 59.4 cm³/mol. The Morgan fingerprint density at radius 3 is 2.33 bits per heavy atom. The Hall–Kier alpha value is -0.670. The third kappa shape index (κ3) is 3.76. The molecule has 0 aliphatic rings. The molecule has 1 N–H and O–H groups in total. The Bertz CT molecular complexity index is 454. The predicted octanol–water partition coefficient (Wildman–Crippen LogP) is -0.681. The van der Waals surface area contributed by atoms with Gasteiger partial charge in [0.25, 0.3) is 0 Å². The summed E-state index contributed by atoms with van der Waals surface area (Å²) in [6.45, 7) is -0.728. The van der Waals surface area contributed by atoms with E-state index in [4.69, 9.17) is 0 Å². The zero-order chi connectivity index (χ0) is 11.5. The standard InChI is InChI=1S/C8H8INO4S/c9-6-1-3-7(4-2-6)15(13,14)10-5-8(11)12/h1-4,10H,5H2,(H,11,12)/p-1. The average Bonchev–Trinajstić information content (AvgIpc) is 2.16. The Morgan fingerprint density at radius 2 is 1.87 bits per heavy atom. The van der Waals surface area contributed by atoms with Crippen molar-refractivity contribution in [2.45, 2.75) is 4.90 Å². The van der Waals surface area contributed by atoms with E-state index in [0.29, 0.717) is 0 Å². The summed E-state index contributed by atoms with van der Waals surface area (Å²) in [4.78, 5) is 10.1. The van der Waals surface area contributed by atoms with Crippen molar-refractivity contribution < 1.29 is 18.3 Å². The van der Waals surface area contributed by atoms with Crippen LogP contribution in [0.2, 0.25) is 0 Å². The summed E-state index contributed by atoms with van der Waals surface area (Å²) in [6.07, 6.45) is 0. The van der Waals surface area contributed by atoms with Crippen molar-refractivity contribution in [2.24, 2.45) is 0 Å². The van der Waals surface area contributed by atoms with Gasteiger partial charge in [0.05, 0.1) is 17.4 Å². The lowest BCUT2D eigenvalue weighted by molar-refractivity contribution is -0.303. The van der Waals surface area contributed by atoms with Crippen molar-refractivity contribution in [3.8, 4) is 0 Å². The van der Waals surface area contributed by atoms with E-state index in [1.807, 2.05) is 27.3 Å². The second-order valence-corrected chi connectivity index (χ2v) is 5.66. The minimum Gasteiger partial charge on any atom is -0.549 e. The molecule has 0 aliphatic heterocycles. The molecule has 5 nitrogen and oxygen atoms in total. The number of halogens is 1. The Kier molecular flexibility index (Phi) is 4.05. The highest BCUT2D eigenvalue weighted by Crippen LogP contribution is 2.11. The van der Waals surface area contributed by atoms with Crippen molar-refractivity contribution in [1.82, 2.24) is 4.72 Å². The molecule has 0 atom stereocenters. The third-order valence-electron chi connectivity index (χ3n) is 1.53. The number of nitrogens with one attached hydrogen (secondary N) is 1. The van der Waals surface area contributed by atoms with Crippen LogP contribution in [0.1, 0.15) is 0 Å². The lowest BCUT2D eigenvalue weighted by atomic mass is 10.4. The molecule has 1 aromatic carbocycles. The van der Waals surface area contributed by atoms with E-state index in [2.05, 4.69) is 0 Å². The number of aliphatic carboxylic acids is 1. The van der Waals surface area contributed by atoms with Gasteiger partial charge in [0.15, 0.2) is 0 Å². The van der Waals surface area contributed by atoms with Crippen LogP contribution in [0.25, 0.3) is 0 Å². The van der Waals surface area contributed by atoms with E-state index in [9.17, 15) is 18.3 Å². The summed E-state index contributed by atoms with van der Waals surface area (Å²) in [6, 6.07) is 6.04. The van der Waals surface area contributed by atoms with Gasteiger partial charge in [0.2, 0.25) is 10.0 Å². The number of benzene rings is 1. The molecule has 15 heavy (non-hydrogen) atoms. The lowest BCUT2D eigenvalue weighted by Gasteiger charge is -2.06. The fourth-order valence-corrected chi connectivity index (χ4v) is 2.18. The number of carbonyl (C=O) groups excluding carboxylic acids is 1. The summed E-state index contributed by atoms with van der Waals surface area (Å²) in [5, 5.41) is 10.1. The molecule has 0 heterocycles. The number of carboxylic acids is 1. The maximum Gasteiger partial charge on any atom is 0.240 e. The molecule has 0 fully saturated rings. The number of carbonyl (C=O) groups is 1. The third-order valence-corrected chi connectivity index (χ3v) is 3.67. The van der Waals surface area contributed by atoms with Gasteiger partial charge in [-0.3, -0.25) is 0 Å². The number of sulfonamides is 1. The second kappa shape index (κ2) is 4.90. The van der Waals surface area contributed by atoms with Gasteiger partial charge in [0, 0.05) is 3.57 Å². The first-order valence-electron chi connectivity index (χ1n) is 3.87. The fraction of sp³-hybridized carbons (Fsp3) is 0.125. The summed E-state index contributed by atoms with van der Waals surface area (Å²) >= 11 is 2.04. The van der Waals surface area contributed by atoms with E-state index >= 15 is 0 Å². The Labute approximate surface area is 101 Å². The molecular weight excluding hydrogens is 333 g/mol. The van der Waals surface area contributed by atoms with E-state index in [1.54, 1.807) is 12.1 Å². The summed E-state index contributed by atoms with van der Waals surface area (Å²) in [5.41, 5.74) is 0. The van der Waals surface area contributed by atoms with Crippen LogP contribution in [0.4, 0.5) is 0 Å². The first-order valence-corrected chi connectivity index (χ1v) is 6.43. The maximum atomic E-state index is 11.4. The topological polar surface area (TPSA) is 86.3 Å². The Balaban J connectivity index is 2.87. The minimum absolute atomic E-state index is 0.0316. The SMILES string of the molecule is O=C([O-])CNS(=O)(=O)c1ccc(I)cc1. The van der Waals surface area contributed by atoms with Crippen LogP contribution < -0.4 is 9.83 Å². The maximum absolute atomic E-state index is 11.4. The number of rotatable bonds is 4. The van der Waals surface area contributed by atoms with Gasteiger partial charge in [-0.1, -0.05) is 0 Å². The molecule has 0 saturated carbocycles. The molecule has 0 amide bonds. The van der Waals surface area contributed by atoms with Gasteiger partial charge in [-0.25, -0.2) is 13.1 Å². The fourth-order valence-electron chi connectivity index (χ4n) is 0.851. The van der Waals surface area contributed by atoms with Crippen molar-refractivity contribution in [3.63, 3.8) is 0 Å². The first-order chi connectivity index (χ1) is 6.92. The van der Waals surface area contributed by atoms with Gasteiger partial charge in [-0.05, 0) is 46.9 Å². The van der Waals surface area contributed by atoms with Crippen LogP contribution >= 0.6 is 22.6 Å². The Morgan fingerprint density at radius 1 is 1.33 bits per heavy atom. The molecule has 7 heteroatoms. The van der Waals surface area contributed by atoms with Gasteiger partial charge < -0.3 is 9.90 Å². The highest BCUT2D eigenvalue weighted by molar-refractivity contribution is 14.1. The number of carboxylic acid groups (broad SMARTS) is 1. The zero-order valence-electron chi connectivity index (χ0n) is 7.44. The largest absolute Gasteiger partial charge is 0.549 e. The second-order valence-electron chi connectivity index (χ2n) is 2.65. The van der Waals surface area contributed by atoms with Crippen molar-refractivity contribution in [3.05, 3.63) is 27.8 Å². The van der Waals surface area contributed by atoms with E-state index in [0.717, 1.165) is 3.57 Å². The molecule has 0 aromatic heterocycles. The molecular formula is C8H7INO4S-. The van der Waals surface area contributed by atoms with Crippen LogP contribution in [-0.2, 0) is 14.8 Å². The summed E-state index contributed by atoms with van der Waals surface area (Å²) in [5.74, 6) is -1.47. The van der Waals surface area contributed by atoms with Crippen molar-refractivity contribution in [2.75, 3.05) is 6.54 Å². The first kappa shape index (κ1) is 12.4. The van der Waals surface area contributed by atoms with Crippen LogP contribution in [0, 0.1) is 3.57 Å². The minimum atomic E-state index is -3.75. The molecule has 0 saturated heterocycles. The number of hydrogen-bond acceptors (Lipinski definition) is 4. The highest BCUT2D eigenvalue weighted by atomic mass is 127. The molecule has 0 unspecified atom stereocenters. The average molecular weight is 340 g/mol. The van der Waals surface area contributed by atoms with Crippen molar-refractivity contribution in [1.29, 1.82) is 0 Å². The smallest absolute Gasteiger partial charge is 0.240 e. The van der Waals surface area contributed by atoms with Crippen LogP contribution in [0.5, 0.6) is 0 Å². The van der Waals surface area contributed by atoms with Gasteiger partial charge in [-0.15, -0.1) is 0 Å². The molecule has 0 aliphatic carbocycles. The monoisotopic (exact) mass is 340 g/mol. The van der Waals surface area contributed by atoms with Gasteiger partial charge >= 0.3 is 0 Å². The molecule has 0 spiro atoms. The zero-order valence-corrected chi connectivity index (χ0v) is 10.4. The van der Waals surface area contributed by atoms with Crippen LogP contribution in [0.15, 0.2) is 29.2 Å². The van der Waals surface area contributed by atoms with Gasteiger partial charge in [0.1, 0.15) is 0 Å². The number of hydrogen-bond donors (Lipinski definition) is 1. The molecule has 82 valence electrons.